The van der Waals surface area contributed by atoms with Crippen molar-refractivity contribution >= 4 is 34.8 Å². The standard InChI is InChI=1S/C13H17N5O2S/c1-3-20-11-6-4-10(5-7-11)14-12(21)17-18-8-9(2)15-16-13(18)19/h4-7H,3,8H2,1-2H3,(H,16,19)(H2,14,17,21). The Morgan fingerprint density at radius 2 is 2.19 bits per heavy atom. The average molecular weight is 307 g/mol. The third kappa shape index (κ3) is 4.32. The molecule has 112 valence electrons. The first-order chi connectivity index (χ1) is 10.1. The maximum absolute atomic E-state index is 11.6. The molecule has 1 aromatic carbocycles. The largest absolute Gasteiger partial charge is 0.494 e. The van der Waals surface area contributed by atoms with E-state index in [1.807, 2.05) is 38.1 Å². The van der Waals surface area contributed by atoms with Crippen LogP contribution >= 0.6 is 12.2 Å². The topological polar surface area (TPSA) is 78.0 Å². The quantitative estimate of drug-likeness (QED) is 0.738. The van der Waals surface area contributed by atoms with E-state index in [0.717, 1.165) is 17.1 Å². The van der Waals surface area contributed by atoms with Crippen molar-refractivity contribution in [2.24, 2.45) is 5.10 Å². The maximum Gasteiger partial charge on any atom is 0.356 e. The Bertz CT molecular complexity index is 558. The normalized spacial score (nSPS) is 14.1. The number of anilines is 1. The van der Waals surface area contributed by atoms with Crippen molar-refractivity contribution < 1.29 is 9.53 Å². The van der Waals surface area contributed by atoms with Crippen molar-refractivity contribution in [1.82, 2.24) is 15.9 Å². The summed E-state index contributed by atoms with van der Waals surface area (Å²) < 4.78 is 5.36. The molecule has 0 saturated heterocycles. The number of urea groups is 1. The Hall–Kier alpha value is -2.35. The summed E-state index contributed by atoms with van der Waals surface area (Å²) in [6.45, 7) is 4.74. The lowest BCUT2D eigenvalue weighted by atomic mass is 10.3. The lowest BCUT2D eigenvalue weighted by Gasteiger charge is -2.27. The summed E-state index contributed by atoms with van der Waals surface area (Å²) in [5.74, 6) is 0.796. The predicted octanol–water partition coefficient (Wildman–Crippen LogP) is 1.69. The van der Waals surface area contributed by atoms with Gasteiger partial charge in [0.1, 0.15) is 5.75 Å². The molecule has 21 heavy (non-hydrogen) atoms. The molecule has 2 rings (SSSR count). The van der Waals surface area contributed by atoms with Gasteiger partial charge in [-0.3, -0.25) is 5.43 Å². The minimum Gasteiger partial charge on any atom is -0.494 e. The summed E-state index contributed by atoms with van der Waals surface area (Å²) >= 11 is 5.18. The summed E-state index contributed by atoms with van der Waals surface area (Å²) in [6, 6.07) is 7.04. The second kappa shape index (κ2) is 6.89. The van der Waals surface area contributed by atoms with Crippen LogP contribution in [0.4, 0.5) is 10.5 Å². The summed E-state index contributed by atoms with van der Waals surface area (Å²) in [5, 5.41) is 8.51. The first kappa shape index (κ1) is 15.0. The second-order valence-electron chi connectivity index (χ2n) is 4.37. The molecule has 0 aromatic heterocycles. The Morgan fingerprint density at radius 3 is 2.86 bits per heavy atom. The van der Waals surface area contributed by atoms with E-state index < -0.39 is 0 Å². The molecule has 0 spiro atoms. The zero-order valence-corrected chi connectivity index (χ0v) is 12.7. The van der Waals surface area contributed by atoms with E-state index in [1.54, 1.807) is 0 Å². The number of hydrogen-bond acceptors (Lipinski definition) is 4. The van der Waals surface area contributed by atoms with E-state index in [2.05, 4.69) is 21.3 Å². The van der Waals surface area contributed by atoms with Crippen LogP contribution in [0.3, 0.4) is 0 Å². The highest BCUT2D eigenvalue weighted by Crippen LogP contribution is 2.15. The Labute approximate surface area is 128 Å². The maximum atomic E-state index is 11.6. The molecular weight excluding hydrogens is 290 g/mol. The Kier molecular flexibility index (Phi) is 4.94. The molecule has 1 aliphatic heterocycles. The van der Waals surface area contributed by atoms with Gasteiger partial charge in [0, 0.05) is 5.69 Å². The highest BCUT2D eigenvalue weighted by molar-refractivity contribution is 7.80. The van der Waals surface area contributed by atoms with E-state index >= 15 is 0 Å². The lowest BCUT2D eigenvalue weighted by molar-refractivity contribution is 0.192. The number of ether oxygens (including phenoxy) is 1. The number of carbonyl (C=O) groups is 1. The highest BCUT2D eigenvalue weighted by Gasteiger charge is 2.19. The van der Waals surface area contributed by atoms with E-state index in [1.165, 1.54) is 5.01 Å². The van der Waals surface area contributed by atoms with Crippen molar-refractivity contribution in [3.63, 3.8) is 0 Å². The zero-order valence-electron chi connectivity index (χ0n) is 11.8. The first-order valence-corrected chi connectivity index (χ1v) is 6.90. The van der Waals surface area contributed by atoms with Gasteiger partial charge in [0.2, 0.25) is 0 Å². The van der Waals surface area contributed by atoms with Crippen molar-refractivity contribution in [1.29, 1.82) is 0 Å². The van der Waals surface area contributed by atoms with E-state index in [-0.39, 0.29) is 6.03 Å². The van der Waals surface area contributed by atoms with Gasteiger partial charge in [-0.05, 0) is 50.3 Å². The number of nitrogens with zero attached hydrogens (tertiary/aromatic N) is 2. The van der Waals surface area contributed by atoms with Crippen LogP contribution in [-0.4, -0.2) is 35.0 Å². The first-order valence-electron chi connectivity index (χ1n) is 6.49. The van der Waals surface area contributed by atoms with Crippen LogP contribution in [0.5, 0.6) is 5.75 Å². The van der Waals surface area contributed by atoms with Crippen LogP contribution in [0.25, 0.3) is 0 Å². The average Bonchev–Trinajstić information content (AvgIpc) is 2.45. The molecule has 0 unspecified atom stereocenters. The molecule has 1 heterocycles. The van der Waals surface area contributed by atoms with E-state index in [9.17, 15) is 4.79 Å². The Balaban J connectivity index is 1.89. The van der Waals surface area contributed by atoms with Gasteiger partial charge in [-0.1, -0.05) is 0 Å². The van der Waals surface area contributed by atoms with Crippen LogP contribution in [0.15, 0.2) is 29.4 Å². The third-order valence-electron chi connectivity index (χ3n) is 2.63. The molecule has 8 heteroatoms. The molecule has 0 aliphatic carbocycles. The number of rotatable bonds is 4. The summed E-state index contributed by atoms with van der Waals surface area (Å²) in [4.78, 5) is 11.6. The minimum absolute atomic E-state index is 0.323. The van der Waals surface area contributed by atoms with Crippen LogP contribution in [0.2, 0.25) is 0 Å². The van der Waals surface area contributed by atoms with E-state index in [4.69, 9.17) is 17.0 Å². The smallest absolute Gasteiger partial charge is 0.356 e. The van der Waals surface area contributed by atoms with Crippen LogP contribution < -0.4 is 20.9 Å². The molecule has 1 aliphatic rings. The number of nitrogens with one attached hydrogen (secondary N) is 3. The highest BCUT2D eigenvalue weighted by atomic mass is 32.1. The van der Waals surface area contributed by atoms with Gasteiger partial charge >= 0.3 is 6.03 Å². The fourth-order valence-corrected chi connectivity index (χ4v) is 1.94. The molecule has 0 atom stereocenters. The van der Waals surface area contributed by atoms with Gasteiger partial charge in [0.05, 0.1) is 18.9 Å². The van der Waals surface area contributed by atoms with Gasteiger partial charge in [-0.15, -0.1) is 0 Å². The monoisotopic (exact) mass is 307 g/mol. The van der Waals surface area contributed by atoms with Crippen LogP contribution in [0.1, 0.15) is 13.8 Å². The fraction of sp³-hybridized carbons (Fsp3) is 0.308. The number of hydrazine groups is 1. The van der Waals surface area contributed by atoms with Gasteiger partial charge < -0.3 is 10.1 Å². The molecule has 0 radical (unpaired) electrons. The number of benzene rings is 1. The van der Waals surface area contributed by atoms with Crippen LogP contribution in [0, 0.1) is 0 Å². The van der Waals surface area contributed by atoms with Gasteiger partial charge in [-0.25, -0.2) is 15.2 Å². The number of carbonyl (C=O) groups excluding carboxylic acids is 1. The molecule has 1 aromatic rings. The zero-order chi connectivity index (χ0) is 15.2. The summed E-state index contributed by atoms with van der Waals surface area (Å²) in [5.41, 5.74) is 6.79. The number of hydrazone groups is 1. The fourth-order valence-electron chi connectivity index (χ4n) is 1.71. The van der Waals surface area contributed by atoms with Crippen LogP contribution in [-0.2, 0) is 0 Å². The molecular formula is C13H17N5O2S. The second-order valence-corrected chi connectivity index (χ2v) is 4.78. The number of amides is 2. The number of hydrogen-bond donors (Lipinski definition) is 3. The minimum atomic E-state index is -0.351. The summed E-state index contributed by atoms with van der Waals surface area (Å²) in [7, 11) is 0. The SMILES string of the molecule is CCOc1ccc(NC(=S)NN2CC(C)=NNC2=O)cc1. The molecule has 0 fully saturated rings. The third-order valence-corrected chi connectivity index (χ3v) is 2.83. The molecule has 3 N–H and O–H groups in total. The van der Waals surface area contributed by atoms with Crippen molar-refractivity contribution in [3.8, 4) is 5.75 Å². The Morgan fingerprint density at radius 1 is 1.48 bits per heavy atom. The molecule has 0 bridgehead atoms. The lowest BCUT2D eigenvalue weighted by Crippen LogP contribution is -2.55. The molecule has 2 amide bonds. The van der Waals surface area contributed by atoms with Crippen molar-refractivity contribution in [3.05, 3.63) is 24.3 Å². The van der Waals surface area contributed by atoms with Crippen molar-refractivity contribution in [2.45, 2.75) is 13.8 Å². The van der Waals surface area contributed by atoms with E-state index in [0.29, 0.717) is 18.3 Å². The molecule has 7 nitrogen and oxygen atoms in total. The number of thiocarbonyl (C=S) groups is 1. The summed E-state index contributed by atoms with van der Waals surface area (Å²) in [6.07, 6.45) is 0. The molecule has 0 saturated carbocycles. The van der Waals surface area contributed by atoms with Gasteiger partial charge in [0.15, 0.2) is 5.11 Å². The van der Waals surface area contributed by atoms with Crippen molar-refractivity contribution in [2.75, 3.05) is 18.5 Å². The predicted molar refractivity (Wildman–Crippen MR) is 85.3 cm³/mol. The van der Waals surface area contributed by atoms with Gasteiger partial charge in [-0.2, -0.15) is 5.10 Å². The van der Waals surface area contributed by atoms with Gasteiger partial charge in [0.25, 0.3) is 0 Å².